The van der Waals surface area contributed by atoms with Gasteiger partial charge in [-0.3, -0.25) is 4.79 Å². The molecule has 6 nitrogen and oxygen atoms in total. The molecule has 3 rings (SSSR count). The second-order valence-corrected chi connectivity index (χ2v) is 5.66. The summed E-state index contributed by atoms with van der Waals surface area (Å²) < 4.78 is 1.40. The van der Waals surface area contributed by atoms with Gasteiger partial charge in [0.2, 0.25) is 5.91 Å². The summed E-state index contributed by atoms with van der Waals surface area (Å²) in [6, 6.07) is 20.3. The first kappa shape index (κ1) is 15.9. The average Bonchev–Trinajstić information content (AvgIpc) is 3.10. The summed E-state index contributed by atoms with van der Waals surface area (Å²) in [5, 5.41) is 13.9. The van der Waals surface area contributed by atoms with Crippen LogP contribution in [0.5, 0.6) is 0 Å². The quantitative estimate of drug-likeness (QED) is 0.754. The van der Waals surface area contributed by atoms with E-state index in [1.807, 2.05) is 43.3 Å². The highest BCUT2D eigenvalue weighted by Gasteiger charge is 2.22. The number of amides is 1. The van der Waals surface area contributed by atoms with Crippen LogP contribution in [0.15, 0.2) is 67.0 Å². The van der Waals surface area contributed by atoms with Gasteiger partial charge < -0.3 is 5.32 Å². The SMILES string of the molecule is CC(NC(=O)Cn1cnnn1)C(c1ccccc1)c1ccccc1. The Labute approximate surface area is 140 Å². The van der Waals surface area contributed by atoms with E-state index in [1.165, 1.54) is 22.1 Å². The predicted molar refractivity (Wildman–Crippen MR) is 90.1 cm³/mol. The molecule has 1 amide bonds. The van der Waals surface area contributed by atoms with Crippen molar-refractivity contribution in [1.29, 1.82) is 0 Å². The van der Waals surface area contributed by atoms with Crippen molar-refractivity contribution in [2.75, 3.05) is 0 Å². The third kappa shape index (κ3) is 3.84. The molecule has 1 aromatic heterocycles. The minimum absolute atomic E-state index is 0.0706. The van der Waals surface area contributed by atoms with Gasteiger partial charge in [-0.05, 0) is 28.5 Å². The fourth-order valence-electron chi connectivity index (χ4n) is 2.87. The van der Waals surface area contributed by atoms with E-state index in [0.29, 0.717) is 0 Å². The van der Waals surface area contributed by atoms with Crippen molar-refractivity contribution >= 4 is 5.91 Å². The normalized spacial score (nSPS) is 12.1. The van der Waals surface area contributed by atoms with Gasteiger partial charge in [-0.15, -0.1) is 5.10 Å². The van der Waals surface area contributed by atoms with Crippen molar-refractivity contribution in [3.8, 4) is 0 Å². The summed E-state index contributed by atoms with van der Waals surface area (Å²) in [5.74, 6) is -0.0446. The highest BCUT2D eigenvalue weighted by molar-refractivity contribution is 5.76. The predicted octanol–water partition coefficient (Wildman–Crippen LogP) is 2.01. The van der Waals surface area contributed by atoms with Gasteiger partial charge in [0.15, 0.2) is 0 Å². The van der Waals surface area contributed by atoms with E-state index >= 15 is 0 Å². The van der Waals surface area contributed by atoms with Crippen molar-refractivity contribution in [2.45, 2.75) is 25.4 Å². The molecule has 0 spiro atoms. The molecule has 0 aliphatic carbocycles. The monoisotopic (exact) mass is 321 g/mol. The zero-order valence-electron chi connectivity index (χ0n) is 13.4. The third-order valence-corrected chi connectivity index (χ3v) is 3.90. The number of benzene rings is 2. The Hall–Kier alpha value is -3.02. The molecule has 0 fully saturated rings. The van der Waals surface area contributed by atoms with Crippen LogP contribution in [-0.4, -0.2) is 32.2 Å². The van der Waals surface area contributed by atoms with Gasteiger partial charge in [0.1, 0.15) is 12.9 Å². The minimum Gasteiger partial charge on any atom is -0.351 e. The van der Waals surface area contributed by atoms with Gasteiger partial charge in [0.05, 0.1) is 0 Å². The lowest BCUT2D eigenvalue weighted by Gasteiger charge is -2.26. The number of nitrogens with one attached hydrogen (secondary N) is 1. The Bertz CT molecular complexity index is 719. The molecule has 0 saturated carbocycles. The molecule has 24 heavy (non-hydrogen) atoms. The summed E-state index contributed by atoms with van der Waals surface area (Å²) in [7, 11) is 0. The van der Waals surface area contributed by atoms with E-state index in [-0.39, 0.29) is 24.4 Å². The smallest absolute Gasteiger partial charge is 0.242 e. The molecular formula is C18H19N5O. The summed E-state index contributed by atoms with van der Waals surface area (Å²) >= 11 is 0. The van der Waals surface area contributed by atoms with Crippen molar-refractivity contribution in [2.24, 2.45) is 0 Å². The average molecular weight is 321 g/mol. The Morgan fingerprint density at radius 2 is 1.62 bits per heavy atom. The molecule has 1 N–H and O–H groups in total. The van der Waals surface area contributed by atoms with Gasteiger partial charge in [-0.1, -0.05) is 60.7 Å². The zero-order chi connectivity index (χ0) is 16.8. The number of aromatic nitrogens is 4. The van der Waals surface area contributed by atoms with Gasteiger partial charge in [-0.25, -0.2) is 4.68 Å². The molecule has 1 atom stereocenters. The van der Waals surface area contributed by atoms with E-state index in [0.717, 1.165) is 0 Å². The molecule has 1 heterocycles. The minimum atomic E-state index is -0.119. The Morgan fingerprint density at radius 1 is 1.04 bits per heavy atom. The molecule has 0 aliphatic rings. The van der Waals surface area contributed by atoms with Gasteiger partial charge in [-0.2, -0.15) is 0 Å². The first-order valence-electron chi connectivity index (χ1n) is 7.84. The summed E-state index contributed by atoms with van der Waals surface area (Å²) in [4.78, 5) is 12.3. The lowest BCUT2D eigenvalue weighted by atomic mass is 9.86. The second kappa shape index (κ2) is 7.50. The van der Waals surface area contributed by atoms with Crippen molar-refractivity contribution in [1.82, 2.24) is 25.5 Å². The maximum Gasteiger partial charge on any atom is 0.242 e. The molecular weight excluding hydrogens is 302 g/mol. The van der Waals surface area contributed by atoms with E-state index in [1.54, 1.807) is 0 Å². The first-order valence-corrected chi connectivity index (χ1v) is 7.84. The lowest BCUT2D eigenvalue weighted by molar-refractivity contribution is -0.122. The van der Waals surface area contributed by atoms with Crippen LogP contribution in [0.4, 0.5) is 0 Å². The first-order chi connectivity index (χ1) is 11.7. The van der Waals surface area contributed by atoms with Crippen molar-refractivity contribution < 1.29 is 4.79 Å². The molecule has 0 saturated heterocycles. The van der Waals surface area contributed by atoms with E-state index < -0.39 is 0 Å². The molecule has 2 aromatic carbocycles. The second-order valence-electron chi connectivity index (χ2n) is 5.66. The molecule has 0 radical (unpaired) electrons. The number of hydrogen-bond donors (Lipinski definition) is 1. The van der Waals surface area contributed by atoms with Gasteiger partial charge >= 0.3 is 0 Å². The van der Waals surface area contributed by atoms with Crippen LogP contribution in [0.2, 0.25) is 0 Å². The van der Waals surface area contributed by atoms with Gasteiger partial charge in [0, 0.05) is 12.0 Å². The van der Waals surface area contributed by atoms with E-state index in [4.69, 9.17) is 0 Å². The Morgan fingerprint density at radius 3 is 2.12 bits per heavy atom. The zero-order valence-corrected chi connectivity index (χ0v) is 13.4. The van der Waals surface area contributed by atoms with E-state index in [2.05, 4.69) is 45.1 Å². The number of tetrazole rings is 1. The number of rotatable bonds is 6. The summed E-state index contributed by atoms with van der Waals surface area (Å²) in [6.45, 7) is 2.12. The van der Waals surface area contributed by atoms with Crippen LogP contribution in [-0.2, 0) is 11.3 Å². The Balaban J connectivity index is 1.79. The maximum atomic E-state index is 12.3. The lowest BCUT2D eigenvalue weighted by Crippen LogP contribution is -2.39. The molecule has 6 heteroatoms. The number of carbonyl (C=O) groups is 1. The van der Waals surface area contributed by atoms with Crippen LogP contribution in [0.1, 0.15) is 24.0 Å². The standard InChI is InChI=1S/C18H19N5O/c1-14(20-17(24)12-23-13-19-21-22-23)18(15-8-4-2-5-9-15)16-10-6-3-7-11-16/h2-11,13-14,18H,12H2,1H3,(H,20,24). The maximum absolute atomic E-state index is 12.3. The van der Waals surface area contributed by atoms with Crippen LogP contribution in [0.25, 0.3) is 0 Å². The largest absolute Gasteiger partial charge is 0.351 e. The van der Waals surface area contributed by atoms with Crippen LogP contribution < -0.4 is 5.32 Å². The topological polar surface area (TPSA) is 72.7 Å². The number of carbonyl (C=O) groups excluding carboxylic acids is 1. The molecule has 3 aromatic rings. The molecule has 0 aliphatic heterocycles. The highest BCUT2D eigenvalue weighted by Crippen LogP contribution is 2.27. The van der Waals surface area contributed by atoms with Crippen molar-refractivity contribution in [3.05, 3.63) is 78.1 Å². The fraction of sp³-hybridized carbons (Fsp3) is 0.222. The summed E-state index contributed by atoms with van der Waals surface area (Å²) in [5.41, 5.74) is 2.33. The van der Waals surface area contributed by atoms with E-state index in [9.17, 15) is 4.79 Å². The van der Waals surface area contributed by atoms with Crippen molar-refractivity contribution in [3.63, 3.8) is 0 Å². The molecule has 1 unspecified atom stereocenters. The Kier molecular flexibility index (Phi) is 4.96. The third-order valence-electron chi connectivity index (χ3n) is 3.90. The molecule has 0 bridgehead atoms. The summed E-state index contributed by atoms with van der Waals surface area (Å²) in [6.07, 6.45) is 1.43. The van der Waals surface area contributed by atoms with Crippen LogP contribution in [0.3, 0.4) is 0 Å². The fourth-order valence-corrected chi connectivity index (χ4v) is 2.87. The van der Waals surface area contributed by atoms with Crippen LogP contribution in [0, 0.1) is 0 Å². The molecule has 122 valence electrons. The van der Waals surface area contributed by atoms with Gasteiger partial charge in [0.25, 0.3) is 0 Å². The highest BCUT2D eigenvalue weighted by atomic mass is 16.2. The number of nitrogens with zero attached hydrogens (tertiary/aromatic N) is 4. The van der Waals surface area contributed by atoms with Crippen LogP contribution >= 0.6 is 0 Å². The number of hydrogen-bond acceptors (Lipinski definition) is 4.